The molecular weight excluding hydrogens is 334 g/mol. The van der Waals surface area contributed by atoms with Crippen LogP contribution in [0.5, 0.6) is 5.75 Å². The van der Waals surface area contributed by atoms with E-state index in [0.717, 1.165) is 13.2 Å². The lowest BCUT2D eigenvalue weighted by Gasteiger charge is -2.29. The van der Waals surface area contributed by atoms with Crippen molar-refractivity contribution < 1.29 is 14.1 Å². The van der Waals surface area contributed by atoms with E-state index >= 15 is 0 Å². The molecule has 0 radical (unpaired) electrons. The van der Waals surface area contributed by atoms with Crippen molar-refractivity contribution in [1.82, 2.24) is 9.78 Å². The smallest absolute Gasteiger partial charge is 0.292 e. The molecule has 7 heteroatoms. The van der Waals surface area contributed by atoms with Crippen LogP contribution >= 0.6 is 23.8 Å². The van der Waals surface area contributed by atoms with Crippen LogP contribution in [0.2, 0.25) is 5.02 Å². The van der Waals surface area contributed by atoms with Gasteiger partial charge in [-0.1, -0.05) is 11.6 Å². The lowest BCUT2D eigenvalue weighted by molar-refractivity contribution is -0.951. The van der Waals surface area contributed by atoms with Gasteiger partial charge in [0.15, 0.2) is 6.67 Å². The van der Waals surface area contributed by atoms with Crippen LogP contribution in [-0.4, -0.2) is 29.5 Å². The third-order valence-electron chi connectivity index (χ3n) is 4.43. The normalized spacial score (nSPS) is 21.3. The molecule has 2 atom stereocenters. The highest BCUT2D eigenvalue weighted by atomic mass is 35.5. The van der Waals surface area contributed by atoms with Crippen LogP contribution in [0.1, 0.15) is 26.2 Å². The first kappa shape index (κ1) is 16.5. The van der Waals surface area contributed by atoms with Crippen molar-refractivity contribution in [2.24, 2.45) is 0 Å². The molecule has 0 bridgehead atoms. The van der Waals surface area contributed by atoms with Crippen LogP contribution in [0.25, 0.3) is 11.5 Å². The molecule has 124 valence electrons. The van der Waals surface area contributed by atoms with Crippen LogP contribution in [-0.2, 0) is 6.67 Å². The first-order valence-corrected chi connectivity index (χ1v) is 8.63. The molecule has 0 aliphatic carbocycles. The molecule has 1 N–H and O–H groups in total. The monoisotopic (exact) mass is 354 g/mol. The van der Waals surface area contributed by atoms with Crippen LogP contribution < -0.4 is 9.64 Å². The van der Waals surface area contributed by atoms with Gasteiger partial charge in [0.2, 0.25) is 0 Å². The molecule has 1 aromatic carbocycles. The number of aromatic nitrogens is 2. The number of benzene rings is 1. The second kappa shape index (κ2) is 7.03. The Kier molecular flexibility index (Phi) is 5.04. The van der Waals surface area contributed by atoms with Crippen molar-refractivity contribution in [2.75, 3.05) is 13.7 Å². The molecule has 1 saturated heterocycles. The Labute approximate surface area is 145 Å². The minimum Gasteiger partial charge on any atom is -0.496 e. The third kappa shape index (κ3) is 3.59. The van der Waals surface area contributed by atoms with Crippen molar-refractivity contribution >= 4 is 23.8 Å². The van der Waals surface area contributed by atoms with Crippen LogP contribution in [0.15, 0.2) is 22.6 Å². The van der Waals surface area contributed by atoms with Gasteiger partial charge in [0.05, 0.1) is 25.3 Å². The Hall–Kier alpha value is -1.37. The minimum absolute atomic E-state index is 0.382. The van der Waals surface area contributed by atoms with E-state index in [4.69, 9.17) is 33.0 Å². The van der Waals surface area contributed by atoms with E-state index in [2.05, 4.69) is 12.0 Å². The lowest BCUT2D eigenvalue weighted by atomic mass is 10.0. The average molecular weight is 355 g/mol. The number of hydrogen-bond donors (Lipinski definition) is 1. The van der Waals surface area contributed by atoms with E-state index in [1.165, 1.54) is 24.2 Å². The van der Waals surface area contributed by atoms with E-state index in [1.807, 2.05) is 0 Å². The minimum atomic E-state index is 0.382. The summed E-state index contributed by atoms with van der Waals surface area (Å²) in [5.41, 5.74) is 0.714. The van der Waals surface area contributed by atoms with Crippen molar-refractivity contribution in [3.63, 3.8) is 0 Å². The lowest BCUT2D eigenvalue weighted by Crippen LogP contribution is -3.15. The van der Waals surface area contributed by atoms with Crippen molar-refractivity contribution in [1.29, 1.82) is 0 Å². The van der Waals surface area contributed by atoms with E-state index in [1.54, 1.807) is 30.0 Å². The van der Waals surface area contributed by atoms with E-state index < -0.39 is 0 Å². The Morgan fingerprint density at radius 2 is 2.30 bits per heavy atom. The summed E-state index contributed by atoms with van der Waals surface area (Å²) < 4.78 is 12.8. The summed E-state index contributed by atoms with van der Waals surface area (Å²) in [5.74, 6) is 1.11. The summed E-state index contributed by atoms with van der Waals surface area (Å²) in [7, 11) is 1.61. The van der Waals surface area contributed by atoms with Gasteiger partial charge in [-0.2, -0.15) is 4.68 Å². The highest BCUT2D eigenvalue weighted by Crippen LogP contribution is 2.31. The number of nitrogens with one attached hydrogen (secondary N) is 1. The summed E-state index contributed by atoms with van der Waals surface area (Å²) in [6.07, 6.45) is 3.80. The zero-order valence-electron chi connectivity index (χ0n) is 13.3. The highest BCUT2D eigenvalue weighted by molar-refractivity contribution is 7.71. The number of likely N-dealkylation sites (tertiary alicyclic amines) is 1. The Morgan fingerprint density at radius 3 is 3.04 bits per heavy atom. The molecule has 0 amide bonds. The number of piperidine rings is 1. The van der Waals surface area contributed by atoms with Crippen LogP contribution in [0.4, 0.5) is 0 Å². The number of methoxy groups -OCH3 is 1. The van der Waals surface area contributed by atoms with E-state index in [-0.39, 0.29) is 0 Å². The Bertz CT molecular complexity index is 743. The number of halogens is 1. The molecule has 23 heavy (non-hydrogen) atoms. The summed E-state index contributed by atoms with van der Waals surface area (Å²) in [6.45, 7) is 4.15. The molecule has 0 spiro atoms. The SMILES string of the molecule is COc1ccc(Cl)cc1-c1nn(C[NH+]2CCCC[C@@H]2C)c(=S)o1. The van der Waals surface area contributed by atoms with Gasteiger partial charge in [0, 0.05) is 5.02 Å². The molecule has 1 aliphatic rings. The molecule has 1 aromatic heterocycles. The topological polar surface area (TPSA) is 44.6 Å². The van der Waals surface area contributed by atoms with Crippen LogP contribution in [0.3, 0.4) is 0 Å². The largest absolute Gasteiger partial charge is 0.496 e. The average Bonchev–Trinajstić information content (AvgIpc) is 2.90. The van der Waals surface area contributed by atoms with E-state index in [0.29, 0.717) is 33.1 Å². The van der Waals surface area contributed by atoms with E-state index in [9.17, 15) is 0 Å². The number of quaternary nitrogens is 1. The summed E-state index contributed by atoms with van der Waals surface area (Å²) in [6, 6.07) is 5.97. The fourth-order valence-electron chi connectivity index (χ4n) is 3.04. The van der Waals surface area contributed by atoms with Gasteiger partial charge in [-0.15, -0.1) is 5.10 Å². The van der Waals surface area contributed by atoms with Gasteiger partial charge in [0.1, 0.15) is 5.75 Å². The molecule has 1 aliphatic heterocycles. The summed E-state index contributed by atoms with van der Waals surface area (Å²) in [4.78, 5) is 1.87. The first-order chi connectivity index (χ1) is 11.1. The molecular formula is C16H21ClN3O2S+. The Balaban J connectivity index is 1.89. The second-order valence-electron chi connectivity index (χ2n) is 5.98. The van der Waals surface area contributed by atoms with Gasteiger partial charge in [-0.05, 0) is 56.6 Å². The molecule has 1 unspecified atom stereocenters. The molecule has 2 aromatic rings. The zero-order chi connectivity index (χ0) is 16.4. The summed E-state index contributed by atoms with van der Waals surface area (Å²) >= 11 is 11.4. The molecule has 3 rings (SSSR count). The second-order valence-corrected chi connectivity index (χ2v) is 6.77. The van der Waals surface area contributed by atoms with Gasteiger partial charge < -0.3 is 14.1 Å². The quantitative estimate of drug-likeness (QED) is 0.857. The molecule has 0 saturated carbocycles. The Morgan fingerprint density at radius 1 is 1.48 bits per heavy atom. The van der Waals surface area contributed by atoms with Crippen molar-refractivity contribution in [3.05, 3.63) is 28.1 Å². The van der Waals surface area contributed by atoms with Crippen molar-refractivity contribution in [2.45, 2.75) is 38.9 Å². The maximum atomic E-state index is 6.08. The molecule has 5 nitrogen and oxygen atoms in total. The standard InChI is InChI=1S/C16H20ClN3O2S/c1-11-5-3-4-8-19(11)10-20-16(23)22-15(18-20)13-9-12(17)6-7-14(13)21-2/h6-7,9,11H,3-5,8,10H2,1-2H3/p+1/t11-/m0/s1. The number of hydrogen-bond acceptors (Lipinski definition) is 4. The zero-order valence-corrected chi connectivity index (χ0v) is 14.9. The van der Waals surface area contributed by atoms with Gasteiger partial charge in [-0.25, -0.2) is 0 Å². The number of nitrogens with zero attached hydrogens (tertiary/aromatic N) is 2. The fourth-order valence-corrected chi connectivity index (χ4v) is 3.40. The van der Waals surface area contributed by atoms with Crippen molar-refractivity contribution in [3.8, 4) is 17.2 Å². The molecule has 2 heterocycles. The maximum Gasteiger partial charge on any atom is 0.292 e. The fraction of sp³-hybridized carbons (Fsp3) is 0.500. The predicted molar refractivity (Wildman–Crippen MR) is 91.5 cm³/mol. The summed E-state index contributed by atoms with van der Waals surface area (Å²) in [5, 5.41) is 5.15. The molecule has 1 fully saturated rings. The maximum absolute atomic E-state index is 6.08. The first-order valence-electron chi connectivity index (χ1n) is 7.85. The number of rotatable bonds is 4. The van der Waals surface area contributed by atoms with Gasteiger partial charge in [-0.3, -0.25) is 0 Å². The predicted octanol–water partition coefficient (Wildman–Crippen LogP) is 2.95. The van der Waals surface area contributed by atoms with Crippen LogP contribution in [0, 0.1) is 4.84 Å². The third-order valence-corrected chi connectivity index (χ3v) is 4.96. The van der Waals surface area contributed by atoms with Gasteiger partial charge in [0.25, 0.3) is 10.7 Å². The number of ether oxygens (including phenoxy) is 1. The highest BCUT2D eigenvalue weighted by Gasteiger charge is 2.23. The van der Waals surface area contributed by atoms with Gasteiger partial charge >= 0.3 is 0 Å².